The zero-order chi connectivity index (χ0) is 23.9. The highest BCUT2D eigenvalue weighted by molar-refractivity contribution is 7.86. The Morgan fingerprint density at radius 3 is 2.59 bits per heavy atom. The molecule has 2 N–H and O–H groups in total. The lowest BCUT2D eigenvalue weighted by atomic mass is 9.44. The second-order valence-corrected chi connectivity index (χ2v) is 12.2. The van der Waals surface area contributed by atoms with E-state index in [1.807, 2.05) is 0 Å². The first-order chi connectivity index (χ1) is 14.6. The number of carbonyl (C=O) groups is 2. The Kier molecular flexibility index (Phi) is 5.22. The summed E-state index contributed by atoms with van der Waals surface area (Å²) >= 11 is 0. The van der Waals surface area contributed by atoms with Gasteiger partial charge >= 0.3 is 0 Å². The molecule has 0 aliphatic heterocycles. The van der Waals surface area contributed by atoms with E-state index in [0.717, 1.165) is 6.26 Å². The Bertz CT molecular complexity index is 1030. The standard InChI is InChI=1S/C23H31FO7S/c1-13-9-17-16-6-5-14-10-15(25)7-8-20(14,2)22(16,24)18(26)11-21(17,3)23(13,28)19(27)12-31-32(4,29)30/h7-8,10,13,16-18,26,28H,5-6,9,11-12H2,1-4H3/t13-,16?,17?,18+,20+,21+,22+,23+/m1/s1. The van der Waals surface area contributed by atoms with E-state index >= 15 is 4.39 Å². The Labute approximate surface area is 187 Å². The van der Waals surface area contributed by atoms with Crippen molar-refractivity contribution >= 4 is 21.7 Å². The quantitative estimate of drug-likeness (QED) is 0.602. The van der Waals surface area contributed by atoms with Gasteiger partial charge in [-0.3, -0.25) is 13.8 Å². The van der Waals surface area contributed by atoms with E-state index in [1.165, 1.54) is 12.2 Å². The van der Waals surface area contributed by atoms with Crippen LogP contribution in [0.5, 0.6) is 0 Å². The molecule has 32 heavy (non-hydrogen) atoms. The molecule has 0 heterocycles. The van der Waals surface area contributed by atoms with Gasteiger partial charge in [0.2, 0.25) is 0 Å². The van der Waals surface area contributed by atoms with Crippen LogP contribution < -0.4 is 0 Å². The minimum Gasteiger partial charge on any atom is -0.390 e. The van der Waals surface area contributed by atoms with Crippen molar-refractivity contribution in [1.29, 1.82) is 0 Å². The maximum atomic E-state index is 17.0. The van der Waals surface area contributed by atoms with Crippen LogP contribution in [0.2, 0.25) is 0 Å². The zero-order valence-corrected chi connectivity index (χ0v) is 19.6. The first-order valence-electron chi connectivity index (χ1n) is 11.0. The lowest BCUT2D eigenvalue weighted by Gasteiger charge is -2.62. The lowest BCUT2D eigenvalue weighted by molar-refractivity contribution is -0.219. The van der Waals surface area contributed by atoms with E-state index in [9.17, 15) is 28.2 Å². The average Bonchev–Trinajstić information content (AvgIpc) is 2.89. The number of carbonyl (C=O) groups excluding carboxylic acids is 2. The van der Waals surface area contributed by atoms with Crippen molar-refractivity contribution in [1.82, 2.24) is 0 Å². The van der Waals surface area contributed by atoms with E-state index in [0.29, 0.717) is 24.8 Å². The number of aliphatic hydroxyl groups is 2. The topological polar surface area (TPSA) is 118 Å². The van der Waals surface area contributed by atoms with Crippen LogP contribution in [0, 0.1) is 28.6 Å². The fraction of sp³-hybridized carbons (Fsp3) is 0.739. The second kappa shape index (κ2) is 7.04. The van der Waals surface area contributed by atoms with Gasteiger partial charge in [0, 0.05) is 16.7 Å². The predicted octanol–water partition coefficient (Wildman–Crippen LogP) is 1.88. The highest BCUT2D eigenvalue weighted by atomic mass is 32.2. The van der Waals surface area contributed by atoms with Crippen LogP contribution in [0.4, 0.5) is 4.39 Å². The number of allylic oxidation sites excluding steroid dienone is 4. The Hall–Kier alpha value is -1.42. The molecule has 4 rings (SSSR count). The second-order valence-electron chi connectivity index (χ2n) is 10.6. The number of halogens is 1. The number of hydrogen-bond acceptors (Lipinski definition) is 7. The van der Waals surface area contributed by atoms with Gasteiger partial charge in [-0.25, -0.2) is 4.39 Å². The molecule has 8 atom stereocenters. The van der Waals surface area contributed by atoms with E-state index in [2.05, 4.69) is 4.18 Å². The van der Waals surface area contributed by atoms with Gasteiger partial charge in [0.1, 0.15) is 12.2 Å². The molecule has 3 saturated carbocycles. The molecule has 2 unspecified atom stereocenters. The van der Waals surface area contributed by atoms with Crippen molar-refractivity contribution in [2.45, 2.75) is 63.8 Å². The molecule has 178 valence electrons. The fourth-order valence-corrected chi connectivity index (χ4v) is 7.73. The van der Waals surface area contributed by atoms with Crippen LogP contribution in [0.15, 0.2) is 23.8 Å². The minimum atomic E-state index is -3.89. The van der Waals surface area contributed by atoms with Gasteiger partial charge in [0.15, 0.2) is 17.2 Å². The van der Waals surface area contributed by atoms with Crippen molar-refractivity contribution in [3.63, 3.8) is 0 Å². The summed E-state index contributed by atoms with van der Waals surface area (Å²) in [4.78, 5) is 25.0. The number of fused-ring (bicyclic) bond motifs is 5. The van der Waals surface area contributed by atoms with Gasteiger partial charge in [-0.2, -0.15) is 8.42 Å². The van der Waals surface area contributed by atoms with Crippen molar-refractivity contribution in [3.05, 3.63) is 23.8 Å². The molecule has 0 radical (unpaired) electrons. The van der Waals surface area contributed by atoms with Gasteiger partial charge in [0.25, 0.3) is 10.1 Å². The van der Waals surface area contributed by atoms with Crippen LogP contribution in [-0.4, -0.2) is 60.4 Å². The summed E-state index contributed by atoms with van der Waals surface area (Å²) in [5, 5.41) is 22.9. The maximum absolute atomic E-state index is 17.0. The van der Waals surface area contributed by atoms with Crippen LogP contribution in [-0.2, 0) is 23.9 Å². The molecule has 0 aromatic heterocycles. The third kappa shape index (κ3) is 2.90. The summed E-state index contributed by atoms with van der Waals surface area (Å²) in [6.45, 7) is 4.29. The molecule has 7 nitrogen and oxygen atoms in total. The van der Waals surface area contributed by atoms with Crippen molar-refractivity contribution in [2.24, 2.45) is 28.6 Å². The minimum absolute atomic E-state index is 0.166. The SMILES string of the molecule is C[C@@H]1CC2C3CCC4=CC(=O)C=C[C@]4(C)[C@@]3(F)[C@@H](O)C[C@]2(C)[C@@]1(O)C(=O)COS(C)(=O)=O. The molecule has 3 fully saturated rings. The van der Waals surface area contributed by atoms with Crippen molar-refractivity contribution < 1.29 is 36.8 Å². The summed E-state index contributed by atoms with van der Waals surface area (Å²) in [5.74, 6) is -2.60. The Morgan fingerprint density at radius 2 is 1.97 bits per heavy atom. The summed E-state index contributed by atoms with van der Waals surface area (Å²) in [7, 11) is -3.89. The van der Waals surface area contributed by atoms with E-state index in [1.54, 1.807) is 26.8 Å². The van der Waals surface area contributed by atoms with E-state index < -0.39 is 68.5 Å². The third-order valence-electron chi connectivity index (χ3n) is 9.05. The smallest absolute Gasteiger partial charge is 0.264 e. The summed E-state index contributed by atoms with van der Waals surface area (Å²) in [6, 6.07) is 0. The summed E-state index contributed by atoms with van der Waals surface area (Å²) in [5.41, 5.74) is -5.67. The van der Waals surface area contributed by atoms with Crippen LogP contribution in [0.25, 0.3) is 0 Å². The Morgan fingerprint density at radius 1 is 1.31 bits per heavy atom. The number of alkyl halides is 1. The van der Waals surface area contributed by atoms with Gasteiger partial charge in [-0.05, 0) is 56.6 Å². The van der Waals surface area contributed by atoms with Gasteiger partial charge in [0.05, 0.1) is 12.4 Å². The van der Waals surface area contributed by atoms with Gasteiger partial charge in [-0.15, -0.1) is 0 Å². The van der Waals surface area contributed by atoms with Crippen LogP contribution >= 0.6 is 0 Å². The number of Topliss-reactive ketones (excluding diaryl/α,β-unsaturated/α-hetero) is 1. The maximum Gasteiger partial charge on any atom is 0.264 e. The molecular formula is C23H31FO7S. The predicted molar refractivity (Wildman–Crippen MR) is 114 cm³/mol. The molecule has 0 aromatic rings. The van der Waals surface area contributed by atoms with Gasteiger partial charge < -0.3 is 10.2 Å². The Balaban J connectivity index is 1.75. The van der Waals surface area contributed by atoms with Crippen molar-refractivity contribution in [3.8, 4) is 0 Å². The number of aliphatic hydroxyl groups excluding tert-OH is 1. The highest BCUT2D eigenvalue weighted by Gasteiger charge is 2.75. The first kappa shape index (κ1) is 23.7. The highest BCUT2D eigenvalue weighted by Crippen LogP contribution is 2.70. The fourth-order valence-electron chi connectivity index (χ4n) is 7.41. The normalized spacial score (nSPS) is 48.0. The molecule has 0 aromatic carbocycles. The molecule has 4 aliphatic rings. The average molecular weight is 471 g/mol. The third-order valence-corrected chi connectivity index (χ3v) is 9.60. The molecule has 0 saturated heterocycles. The number of hydrogen-bond donors (Lipinski definition) is 2. The number of rotatable bonds is 4. The van der Waals surface area contributed by atoms with Crippen LogP contribution in [0.3, 0.4) is 0 Å². The molecular weight excluding hydrogens is 439 g/mol. The summed E-state index contributed by atoms with van der Waals surface area (Å²) < 4.78 is 44.5. The van der Waals surface area contributed by atoms with Crippen LogP contribution in [0.1, 0.15) is 46.5 Å². The largest absolute Gasteiger partial charge is 0.390 e. The molecule has 9 heteroatoms. The zero-order valence-electron chi connectivity index (χ0n) is 18.8. The first-order valence-corrected chi connectivity index (χ1v) is 12.8. The van der Waals surface area contributed by atoms with Crippen molar-refractivity contribution in [2.75, 3.05) is 12.9 Å². The van der Waals surface area contributed by atoms with Gasteiger partial charge in [-0.1, -0.05) is 25.5 Å². The molecule has 0 amide bonds. The molecule has 4 aliphatic carbocycles. The molecule has 0 bridgehead atoms. The van der Waals surface area contributed by atoms with E-state index in [-0.39, 0.29) is 12.2 Å². The summed E-state index contributed by atoms with van der Waals surface area (Å²) in [6.07, 6.45) is 4.75. The molecule has 0 spiro atoms. The number of ketones is 2. The lowest BCUT2D eigenvalue weighted by Crippen LogP contribution is -2.69. The monoisotopic (exact) mass is 470 g/mol. The van der Waals surface area contributed by atoms with E-state index in [4.69, 9.17) is 0 Å².